The average Bonchev–Trinajstić information content (AvgIpc) is 2.00. The third-order valence-electron chi connectivity index (χ3n) is 0.784. The first kappa shape index (κ1) is 10.3. The third kappa shape index (κ3) is 5.71. The van der Waals surface area contributed by atoms with Gasteiger partial charge in [0.25, 0.3) is 0 Å². The van der Waals surface area contributed by atoms with Crippen molar-refractivity contribution in [1.82, 2.24) is 5.48 Å². The van der Waals surface area contributed by atoms with Crippen LogP contribution < -0.4 is 5.48 Å². The van der Waals surface area contributed by atoms with E-state index in [4.69, 9.17) is 10.3 Å². The maximum absolute atomic E-state index is 10.6. The van der Waals surface area contributed by atoms with Crippen LogP contribution in [0.5, 0.6) is 0 Å². The molecular weight excluding hydrogens is 170 g/mol. The maximum Gasteiger partial charge on any atom is 0.312 e. The second kappa shape index (κ2) is 6.02. The van der Waals surface area contributed by atoms with Crippen molar-refractivity contribution < 1.29 is 19.8 Å². The third-order valence-corrected chi connectivity index (χ3v) is 1.02. The Labute approximate surface area is 68.9 Å². The van der Waals surface area contributed by atoms with Gasteiger partial charge in [0.1, 0.15) is 11.6 Å². The van der Waals surface area contributed by atoms with E-state index >= 15 is 0 Å². The van der Waals surface area contributed by atoms with Gasteiger partial charge in [-0.15, -0.1) is 0 Å². The average molecular weight is 179 g/mol. The number of nitrogens with one attached hydrogen (secondary N) is 1. The maximum atomic E-state index is 10.6. The highest BCUT2D eigenvalue weighted by atomic mass is 32.1. The Hall–Kier alpha value is -0.720. The molecule has 0 aromatic carbocycles. The molecule has 0 aromatic rings. The molecular formula is C5H9NO4S. The standard InChI is InChI=1S/C5H9NO4S/c7-1-2-10-5(8)3-4(11)6-9/h7,9H,1-3H2,(H,6,11). The summed E-state index contributed by atoms with van der Waals surface area (Å²) in [6.45, 7) is -0.266. The molecule has 0 unspecified atom stereocenters. The minimum atomic E-state index is -0.578. The van der Waals surface area contributed by atoms with E-state index in [0.717, 1.165) is 0 Å². The number of carbonyl (C=O) groups is 1. The molecule has 5 nitrogen and oxygen atoms in total. The van der Waals surface area contributed by atoms with Crippen LogP contribution >= 0.6 is 12.2 Å². The zero-order valence-corrected chi connectivity index (χ0v) is 6.56. The Morgan fingerprint density at radius 1 is 1.64 bits per heavy atom. The summed E-state index contributed by atoms with van der Waals surface area (Å²) in [5, 5.41) is 16.4. The van der Waals surface area contributed by atoms with Gasteiger partial charge in [-0.25, -0.2) is 0 Å². The molecule has 0 radical (unpaired) electrons. The topological polar surface area (TPSA) is 78.8 Å². The first-order chi connectivity index (χ1) is 5.20. The van der Waals surface area contributed by atoms with E-state index in [1.807, 2.05) is 0 Å². The first-order valence-corrected chi connectivity index (χ1v) is 3.31. The molecule has 3 N–H and O–H groups in total. The molecule has 0 saturated carbocycles. The monoisotopic (exact) mass is 179 g/mol. The van der Waals surface area contributed by atoms with Gasteiger partial charge in [-0.1, -0.05) is 12.2 Å². The fourth-order valence-electron chi connectivity index (χ4n) is 0.381. The van der Waals surface area contributed by atoms with Crippen LogP contribution in [0.4, 0.5) is 0 Å². The zero-order valence-electron chi connectivity index (χ0n) is 5.74. The molecule has 0 rings (SSSR count). The number of rotatable bonds is 4. The summed E-state index contributed by atoms with van der Waals surface area (Å²) in [5.74, 6) is -0.578. The number of esters is 1. The Balaban J connectivity index is 3.44. The predicted molar refractivity (Wildman–Crippen MR) is 40.2 cm³/mol. The van der Waals surface area contributed by atoms with Crippen LogP contribution in [0.15, 0.2) is 0 Å². The lowest BCUT2D eigenvalue weighted by Crippen LogP contribution is -2.21. The summed E-state index contributed by atoms with van der Waals surface area (Å²) in [6.07, 6.45) is -0.175. The molecule has 11 heavy (non-hydrogen) atoms. The van der Waals surface area contributed by atoms with Crippen molar-refractivity contribution in [3.05, 3.63) is 0 Å². The van der Waals surface area contributed by atoms with Crippen molar-refractivity contribution in [1.29, 1.82) is 0 Å². The number of carbonyl (C=O) groups excluding carboxylic acids is 1. The molecule has 0 heterocycles. The van der Waals surface area contributed by atoms with Gasteiger partial charge in [0.05, 0.1) is 13.0 Å². The Morgan fingerprint density at radius 3 is 2.73 bits per heavy atom. The lowest BCUT2D eigenvalue weighted by Gasteiger charge is -2.01. The van der Waals surface area contributed by atoms with Crippen LogP contribution in [0.2, 0.25) is 0 Å². The molecule has 0 aliphatic heterocycles. The van der Waals surface area contributed by atoms with E-state index in [1.54, 1.807) is 5.48 Å². The Morgan fingerprint density at radius 2 is 2.27 bits per heavy atom. The summed E-state index contributed by atoms with van der Waals surface area (Å²) in [6, 6.07) is 0. The van der Waals surface area contributed by atoms with Gasteiger partial charge in [-0.05, 0) is 0 Å². The molecule has 0 saturated heterocycles. The number of hydroxylamine groups is 1. The number of aliphatic hydroxyl groups excluding tert-OH is 1. The second-order valence-corrected chi connectivity index (χ2v) is 2.15. The molecule has 64 valence electrons. The number of hydrogen-bond acceptors (Lipinski definition) is 5. The molecule has 0 aliphatic rings. The van der Waals surface area contributed by atoms with Crippen LogP contribution in [0.1, 0.15) is 6.42 Å². The molecule has 0 fully saturated rings. The van der Waals surface area contributed by atoms with Crippen molar-refractivity contribution in [2.24, 2.45) is 0 Å². The lowest BCUT2D eigenvalue weighted by atomic mass is 10.4. The molecule has 0 spiro atoms. The SMILES string of the molecule is O=C(CC(=S)NO)OCCO. The summed E-state index contributed by atoms with van der Waals surface area (Å²) in [7, 11) is 0. The molecule has 0 aromatic heterocycles. The zero-order chi connectivity index (χ0) is 8.69. The lowest BCUT2D eigenvalue weighted by molar-refractivity contribution is -0.143. The minimum absolute atomic E-state index is 0.00654. The largest absolute Gasteiger partial charge is 0.463 e. The number of ether oxygens (including phenoxy) is 1. The van der Waals surface area contributed by atoms with E-state index in [9.17, 15) is 4.79 Å². The summed E-state index contributed by atoms with van der Waals surface area (Å²) in [5.41, 5.74) is 1.64. The number of thiocarbonyl (C=S) groups is 1. The fourth-order valence-corrected chi connectivity index (χ4v) is 0.499. The van der Waals surface area contributed by atoms with E-state index in [0.29, 0.717) is 0 Å². The minimum Gasteiger partial charge on any atom is -0.463 e. The van der Waals surface area contributed by atoms with Gasteiger partial charge in [-0.3, -0.25) is 15.5 Å². The normalized spacial score (nSPS) is 8.91. The van der Waals surface area contributed by atoms with E-state index in [2.05, 4.69) is 17.0 Å². The smallest absolute Gasteiger partial charge is 0.312 e. The van der Waals surface area contributed by atoms with E-state index in [-0.39, 0.29) is 24.6 Å². The van der Waals surface area contributed by atoms with Crippen LogP contribution in [0.25, 0.3) is 0 Å². The van der Waals surface area contributed by atoms with Crippen LogP contribution in [-0.4, -0.2) is 34.5 Å². The van der Waals surface area contributed by atoms with Crippen LogP contribution in [0, 0.1) is 0 Å². The molecule has 0 aliphatic carbocycles. The van der Waals surface area contributed by atoms with Crippen molar-refractivity contribution in [3.8, 4) is 0 Å². The first-order valence-electron chi connectivity index (χ1n) is 2.90. The highest BCUT2D eigenvalue weighted by Gasteiger charge is 2.04. The number of hydrogen-bond donors (Lipinski definition) is 3. The molecule has 0 amide bonds. The molecule has 0 bridgehead atoms. The summed E-state index contributed by atoms with van der Waals surface area (Å²) in [4.78, 5) is 10.6. The van der Waals surface area contributed by atoms with Crippen molar-refractivity contribution in [3.63, 3.8) is 0 Å². The quantitative estimate of drug-likeness (QED) is 0.298. The van der Waals surface area contributed by atoms with Crippen molar-refractivity contribution in [2.45, 2.75) is 6.42 Å². The van der Waals surface area contributed by atoms with Gasteiger partial charge in [0.2, 0.25) is 0 Å². The van der Waals surface area contributed by atoms with Crippen molar-refractivity contribution in [2.75, 3.05) is 13.2 Å². The van der Waals surface area contributed by atoms with Gasteiger partial charge in [-0.2, -0.15) is 0 Å². The fraction of sp³-hybridized carbons (Fsp3) is 0.600. The summed E-state index contributed by atoms with van der Waals surface area (Å²) >= 11 is 4.46. The van der Waals surface area contributed by atoms with Crippen molar-refractivity contribution >= 4 is 23.2 Å². The van der Waals surface area contributed by atoms with E-state index < -0.39 is 5.97 Å². The summed E-state index contributed by atoms with van der Waals surface area (Å²) < 4.78 is 4.44. The van der Waals surface area contributed by atoms with Gasteiger partial charge < -0.3 is 9.84 Å². The second-order valence-electron chi connectivity index (χ2n) is 1.66. The Bertz CT molecular complexity index is 149. The van der Waals surface area contributed by atoms with Gasteiger partial charge in [0.15, 0.2) is 0 Å². The van der Waals surface area contributed by atoms with Crippen LogP contribution in [-0.2, 0) is 9.53 Å². The predicted octanol–water partition coefficient (Wildman–Crippen LogP) is -0.782. The van der Waals surface area contributed by atoms with E-state index in [1.165, 1.54) is 0 Å². The molecule has 0 atom stereocenters. The van der Waals surface area contributed by atoms with Gasteiger partial charge >= 0.3 is 5.97 Å². The number of aliphatic hydroxyl groups is 1. The molecule has 6 heteroatoms. The van der Waals surface area contributed by atoms with Crippen LogP contribution in [0.3, 0.4) is 0 Å². The highest BCUT2D eigenvalue weighted by molar-refractivity contribution is 7.80. The Kier molecular flexibility index (Phi) is 5.63. The highest BCUT2D eigenvalue weighted by Crippen LogP contribution is 1.87. The van der Waals surface area contributed by atoms with Gasteiger partial charge in [0, 0.05) is 0 Å².